The van der Waals surface area contributed by atoms with Crippen molar-refractivity contribution < 1.29 is 36.7 Å². The molecule has 56 valence electrons. The fraction of sp³-hybridized carbons (Fsp3) is 1.00. The van der Waals surface area contributed by atoms with E-state index < -0.39 is 22.1 Å². The molecule has 0 bridgehead atoms. The summed E-state index contributed by atoms with van der Waals surface area (Å²) in [6, 6.07) is 0. The Morgan fingerprint density at radius 3 is 3.10 bits per heavy atom. The van der Waals surface area contributed by atoms with Gasteiger partial charge in [0.2, 0.25) is 0 Å². The molecule has 1 rings (SSSR count). The van der Waals surface area contributed by atoms with Crippen molar-refractivity contribution in [2.75, 3.05) is 6.61 Å². The molecule has 1 fully saturated rings. The molecular formula is C5H9BrHgO3. The molecule has 0 amide bonds. The van der Waals surface area contributed by atoms with Crippen LogP contribution < -0.4 is 0 Å². The Morgan fingerprint density at radius 1 is 1.70 bits per heavy atom. The van der Waals surface area contributed by atoms with E-state index in [1.165, 1.54) is 3.93 Å². The van der Waals surface area contributed by atoms with E-state index in [-0.39, 0.29) is 12.4 Å². The van der Waals surface area contributed by atoms with Gasteiger partial charge >= 0.3 is 78.4 Å². The van der Waals surface area contributed by atoms with Crippen molar-refractivity contribution in [3.05, 3.63) is 0 Å². The topological polar surface area (TPSA) is 27.7 Å². The first-order valence-electron chi connectivity index (χ1n) is 3.32. The summed E-state index contributed by atoms with van der Waals surface area (Å²) in [6.07, 6.45) is 0.0935. The van der Waals surface area contributed by atoms with Crippen LogP contribution in [-0.4, -0.2) is 19.0 Å². The van der Waals surface area contributed by atoms with E-state index in [1.807, 2.05) is 6.92 Å². The maximum atomic E-state index is 5.40. The minimum absolute atomic E-state index is 0.189. The summed E-state index contributed by atoms with van der Waals surface area (Å²) in [5, 5.41) is 0. The second kappa shape index (κ2) is 5.03. The third-order valence-electron chi connectivity index (χ3n) is 1.27. The number of rotatable bonds is 2. The van der Waals surface area contributed by atoms with E-state index in [1.54, 1.807) is 0 Å². The Labute approximate surface area is 78.0 Å². The van der Waals surface area contributed by atoms with Crippen molar-refractivity contribution in [1.29, 1.82) is 0 Å². The molecular weight excluding hydrogens is 389 g/mol. The molecule has 0 aliphatic carbocycles. The van der Waals surface area contributed by atoms with Gasteiger partial charge in [-0.2, -0.15) is 0 Å². The molecule has 1 aliphatic heterocycles. The average molecular weight is 398 g/mol. The van der Waals surface area contributed by atoms with Crippen molar-refractivity contribution in [1.82, 2.24) is 0 Å². The number of ether oxygens (including phenoxy) is 1. The van der Waals surface area contributed by atoms with Gasteiger partial charge in [0.05, 0.1) is 0 Å². The van der Waals surface area contributed by atoms with Crippen LogP contribution in [0.1, 0.15) is 6.92 Å². The van der Waals surface area contributed by atoms with Crippen LogP contribution in [-0.2, 0) is 36.7 Å². The van der Waals surface area contributed by atoms with Crippen molar-refractivity contribution >= 4 is 11.9 Å². The van der Waals surface area contributed by atoms with Gasteiger partial charge in [0, 0.05) is 0 Å². The Balaban J connectivity index is 2.18. The summed E-state index contributed by atoms with van der Waals surface area (Å²) in [5.74, 6) is 0. The van der Waals surface area contributed by atoms with Gasteiger partial charge in [-0.3, -0.25) is 0 Å². The standard InChI is InChI=1S/C5H9O3.BrH.Hg/c1-4-3-6-8-5(2)7-4;;/h4-5H,1,3H2,2H3;1H;/q;;+1/p-1/t4-,5+;;/m0../s1. The van der Waals surface area contributed by atoms with Crippen LogP contribution in [0.15, 0.2) is 0 Å². The fourth-order valence-corrected chi connectivity index (χ4v) is 7.42. The molecule has 2 atom stereocenters. The summed E-state index contributed by atoms with van der Waals surface area (Å²) in [6.45, 7) is 2.44. The van der Waals surface area contributed by atoms with Gasteiger partial charge in [-0.05, 0) is 0 Å². The first-order chi connectivity index (χ1) is 4.83. The van der Waals surface area contributed by atoms with E-state index in [4.69, 9.17) is 14.5 Å². The van der Waals surface area contributed by atoms with Gasteiger partial charge < -0.3 is 0 Å². The zero-order valence-corrected chi connectivity index (χ0v) is 13.0. The molecule has 0 saturated carbocycles. The number of hydrogen-bond acceptors (Lipinski definition) is 3. The quantitative estimate of drug-likeness (QED) is 0.522. The van der Waals surface area contributed by atoms with Crippen LogP contribution in [0.2, 0.25) is 3.93 Å². The van der Waals surface area contributed by atoms with Crippen molar-refractivity contribution in [3.63, 3.8) is 0 Å². The summed E-state index contributed by atoms with van der Waals surface area (Å²) >= 11 is 2.83. The summed E-state index contributed by atoms with van der Waals surface area (Å²) < 4.78 is 6.59. The van der Waals surface area contributed by atoms with Crippen LogP contribution in [0, 0.1) is 0 Å². The van der Waals surface area contributed by atoms with Gasteiger partial charge in [-0.25, -0.2) is 0 Å². The molecule has 5 heteroatoms. The van der Waals surface area contributed by atoms with Crippen LogP contribution >= 0.6 is 11.9 Å². The average Bonchev–Trinajstić information content (AvgIpc) is 1.88. The molecule has 1 heterocycles. The molecule has 0 aromatic rings. The molecule has 10 heavy (non-hydrogen) atoms. The third kappa shape index (κ3) is 3.13. The van der Waals surface area contributed by atoms with Crippen molar-refractivity contribution in [3.8, 4) is 0 Å². The predicted octanol–water partition coefficient (Wildman–Crippen LogP) is 1.49. The van der Waals surface area contributed by atoms with Gasteiger partial charge in [-0.1, -0.05) is 0 Å². The van der Waals surface area contributed by atoms with Crippen LogP contribution in [0.4, 0.5) is 0 Å². The van der Waals surface area contributed by atoms with Crippen molar-refractivity contribution in [2.45, 2.75) is 23.2 Å². The number of hydrogen-bond donors (Lipinski definition) is 0. The Hall–Kier alpha value is 1.30. The first kappa shape index (κ1) is 9.38. The van der Waals surface area contributed by atoms with Crippen LogP contribution in [0.5, 0.6) is 0 Å². The minimum atomic E-state index is -0.725. The van der Waals surface area contributed by atoms with Crippen molar-refractivity contribution in [2.24, 2.45) is 0 Å². The first-order valence-corrected chi connectivity index (χ1v) is 19.1. The summed E-state index contributed by atoms with van der Waals surface area (Å²) in [5.41, 5.74) is 0. The predicted molar refractivity (Wildman–Crippen MR) is 35.1 cm³/mol. The molecule has 3 nitrogen and oxygen atoms in total. The molecule has 0 unspecified atom stereocenters. The van der Waals surface area contributed by atoms with E-state index in [2.05, 4.69) is 11.9 Å². The molecule has 0 radical (unpaired) electrons. The van der Waals surface area contributed by atoms with Crippen LogP contribution in [0.25, 0.3) is 0 Å². The Morgan fingerprint density at radius 2 is 2.50 bits per heavy atom. The summed E-state index contributed by atoms with van der Waals surface area (Å²) in [4.78, 5) is 9.58. The third-order valence-corrected chi connectivity index (χ3v) is 8.64. The molecule has 1 aliphatic rings. The zero-order valence-electron chi connectivity index (χ0n) is 5.88. The number of halogens is 1. The SMILES string of the molecule is C[C@H]1OOC[C@H]([CH2][Hg][Br])O1. The van der Waals surface area contributed by atoms with Gasteiger partial charge in [0.1, 0.15) is 0 Å². The van der Waals surface area contributed by atoms with E-state index in [0.29, 0.717) is 6.61 Å². The van der Waals surface area contributed by atoms with E-state index in [0.717, 1.165) is 0 Å². The fourth-order valence-electron chi connectivity index (χ4n) is 0.817. The van der Waals surface area contributed by atoms with Gasteiger partial charge in [-0.15, -0.1) is 0 Å². The molecule has 0 spiro atoms. The van der Waals surface area contributed by atoms with E-state index in [9.17, 15) is 0 Å². The summed E-state index contributed by atoms with van der Waals surface area (Å²) in [7, 11) is 0. The molecule has 1 saturated heterocycles. The zero-order chi connectivity index (χ0) is 7.40. The normalized spacial score (nSPS) is 33.4. The monoisotopic (exact) mass is 398 g/mol. The second-order valence-electron chi connectivity index (χ2n) is 2.18. The maximum absolute atomic E-state index is 5.40. The Kier molecular flexibility index (Phi) is 4.72. The van der Waals surface area contributed by atoms with Crippen LogP contribution in [0.3, 0.4) is 0 Å². The molecule has 0 N–H and O–H groups in total. The molecule has 0 aromatic heterocycles. The Bertz CT molecular complexity index is 101. The second-order valence-corrected chi connectivity index (χ2v) is 12.9. The molecule has 0 aromatic carbocycles. The van der Waals surface area contributed by atoms with Gasteiger partial charge in [0.25, 0.3) is 0 Å². The van der Waals surface area contributed by atoms with Gasteiger partial charge in [0.15, 0.2) is 0 Å². The van der Waals surface area contributed by atoms with E-state index >= 15 is 0 Å².